The molecule has 0 radical (unpaired) electrons. The van der Waals surface area contributed by atoms with Gasteiger partial charge in [0.2, 0.25) is 0 Å². The van der Waals surface area contributed by atoms with E-state index in [1.807, 2.05) is 0 Å². The summed E-state index contributed by atoms with van der Waals surface area (Å²) in [7, 11) is 0. The second-order valence-corrected chi connectivity index (χ2v) is 4.31. The van der Waals surface area contributed by atoms with Crippen LogP contribution in [0, 0.1) is 10.1 Å². The lowest BCUT2D eigenvalue weighted by Gasteiger charge is -2.09. The first-order valence-electron chi connectivity index (χ1n) is 5.34. The number of carbonyl (C=O) groups excluding carboxylic acids is 1. The van der Waals surface area contributed by atoms with Crippen molar-refractivity contribution in [2.75, 3.05) is 0 Å². The van der Waals surface area contributed by atoms with Gasteiger partial charge in [0.05, 0.1) is 10.5 Å². The molecule has 2 aromatic rings. The fourth-order valence-corrected chi connectivity index (χ4v) is 1.92. The fourth-order valence-electron chi connectivity index (χ4n) is 1.65. The van der Waals surface area contributed by atoms with Crippen molar-refractivity contribution in [1.29, 1.82) is 0 Å². The second-order valence-electron chi connectivity index (χ2n) is 3.93. The lowest BCUT2D eigenvalue weighted by molar-refractivity contribution is -0.384. The van der Waals surface area contributed by atoms with Crippen LogP contribution >= 0.6 is 11.6 Å². The molecule has 0 saturated carbocycles. The van der Waals surface area contributed by atoms with E-state index < -0.39 is 27.4 Å². The number of nitro groups is 1. The van der Waals surface area contributed by atoms with Crippen molar-refractivity contribution in [3.05, 3.63) is 50.7 Å². The maximum absolute atomic E-state index is 12.8. The van der Waals surface area contributed by atoms with E-state index in [0.29, 0.717) is 18.4 Å². The Hall–Kier alpha value is -2.35. The molecule has 1 heterocycles. The maximum atomic E-state index is 12.8. The van der Waals surface area contributed by atoms with Crippen molar-refractivity contribution in [1.82, 2.24) is 0 Å². The first-order valence-corrected chi connectivity index (χ1v) is 5.72. The Kier molecular flexibility index (Phi) is 3.73. The van der Waals surface area contributed by atoms with Gasteiger partial charge < -0.3 is 4.42 Å². The first kappa shape index (κ1) is 15.0. The SMILES string of the molecule is O=Cc1ccc(-c2cc(C(F)(F)F)cc([N+](=O)[O-])c2Cl)o1. The molecule has 0 atom stereocenters. The van der Waals surface area contributed by atoms with Gasteiger partial charge in [0.25, 0.3) is 5.69 Å². The van der Waals surface area contributed by atoms with Crippen LogP contribution in [0.5, 0.6) is 0 Å². The quantitative estimate of drug-likeness (QED) is 0.479. The highest BCUT2D eigenvalue weighted by atomic mass is 35.5. The van der Waals surface area contributed by atoms with Gasteiger partial charge in [-0.25, -0.2) is 0 Å². The van der Waals surface area contributed by atoms with E-state index in [1.165, 1.54) is 12.1 Å². The molecule has 1 aromatic heterocycles. The molecule has 0 spiro atoms. The Morgan fingerprint density at radius 1 is 1.29 bits per heavy atom. The molecule has 0 aliphatic carbocycles. The fraction of sp³-hybridized carbons (Fsp3) is 0.0833. The van der Waals surface area contributed by atoms with Crippen molar-refractivity contribution in [3.8, 4) is 11.3 Å². The summed E-state index contributed by atoms with van der Waals surface area (Å²) >= 11 is 5.76. The Morgan fingerprint density at radius 2 is 1.95 bits per heavy atom. The van der Waals surface area contributed by atoms with E-state index in [1.54, 1.807) is 0 Å². The zero-order chi connectivity index (χ0) is 15.8. The zero-order valence-corrected chi connectivity index (χ0v) is 10.7. The third kappa shape index (κ3) is 2.89. The van der Waals surface area contributed by atoms with Gasteiger partial charge in [-0.3, -0.25) is 14.9 Å². The van der Waals surface area contributed by atoms with E-state index in [9.17, 15) is 28.1 Å². The number of furan rings is 1. The predicted molar refractivity (Wildman–Crippen MR) is 66.2 cm³/mol. The number of hydrogen-bond donors (Lipinski definition) is 0. The van der Waals surface area contributed by atoms with Gasteiger partial charge in [0.15, 0.2) is 12.0 Å². The summed E-state index contributed by atoms with van der Waals surface area (Å²) in [4.78, 5) is 20.3. The monoisotopic (exact) mass is 319 g/mol. The molecule has 0 saturated heterocycles. The Balaban J connectivity index is 2.71. The van der Waals surface area contributed by atoms with E-state index in [2.05, 4.69) is 0 Å². The Labute approximate surface area is 120 Å². The number of carbonyl (C=O) groups is 1. The van der Waals surface area contributed by atoms with Crippen LogP contribution in [0.15, 0.2) is 28.7 Å². The van der Waals surface area contributed by atoms with Crippen molar-refractivity contribution in [2.45, 2.75) is 6.18 Å². The minimum Gasteiger partial charge on any atom is -0.453 e. The summed E-state index contributed by atoms with van der Waals surface area (Å²) in [6.07, 6.45) is -4.44. The minimum atomic E-state index is -4.79. The van der Waals surface area contributed by atoms with Gasteiger partial charge in [0.1, 0.15) is 10.8 Å². The number of nitro benzene ring substituents is 1. The Morgan fingerprint density at radius 3 is 2.43 bits per heavy atom. The number of nitrogens with zero attached hydrogens (tertiary/aromatic N) is 1. The normalized spacial score (nSPS) is 11.4. The molecule has 0 aliphatic heterocycles. The van der Waals surface area contributed by atoms with Gasteiger partial charge in [0, 0.05) is 11.6 Å². The van der Waals surface area contributed by atoms with Gasteiger partial charge in [-0.15, -0.1) is 0 Å². The van der Waals surface area contributed by atoms with Crippen molar-refractivity contribution in [2.24, 2.45) is 0 Å². The largest absolute Gasteiger partial charge is 0.453 e. The number of benzene rings is 1. The van der Waals surface area contributed by atoms with Gasteiger partial charge in [-0.05, 0) is 18.2 Å². The molecular formula is C12H5ClF3NO4. The molecule has 5 nitrogen and oxygen atoms in total. The van der Waals surface area contributed by atoms with E-state index in [4.69, 9.17) is 16.0 Å². The lowest BCUT2D eigenvalue weighted by atomic mass is 10.1. The number of rotatable bonds is 3. The number of alkyl halides is 3. The smallest absolute Gasteiger partial charge is 0.416 e. The zero-order valence-electron chi connectivity index (χ0n) is 9.98. The van der Waals surface area contributed by atoms with Crippen LogP contribution in [0.4, 0.5) is 18.9 Å². The summed E-state index contributed by atoms with van der Waals surface area (Å²) in [6.45, 7) is 0. The van der Waals surface area contributed by atoms with Crippen LogP contribution in [0.3, 0.4) is 0 Å². The van der Waals surface area contributed by atoms with E-state index in [-0.39, 0.29) is 17.1 Å². The van der Waals surface area contributed by atoms with E-state index in [0.717, 1.165) is 0 Å². The highest BCUT2D eigenvalue weighted by Crippen LogP contribution is 2.41. The molecule has 0 amide bonds. The summed E-state index contributed by atoms with van der Waals surface area (Å²) < 4.78 is 43.3. The van der Waals surface area contributed by atoms with Crippen LogP contribution in [-0.2, 0) is 6.18 Å². The number of hydrogen-bond acceptors (Lipinski definition) is 4. The maximum Gasteiger partial charge on any atom is 0.416 e. The highest BCUT2D eigenvalue weighted by Gasteiger charge is 2.35. The second kappa shape index (κ2) is 5.21. The molecule has 0 aliphatic rings. The highest BCUT2D eigenvalue weighted by molar-refractivity contribution is 6.35. The van der Waals surface area contributed by atoms with Crippen LogP contribution in [0.2, 0.25) is 5.02 Å². The summed E-state index contributed by atoms with van der Waals surface area (Å²) in [6, 6.07) is 3.39. The molecule has 0 N–H and O–H groups in total. The average Bonchev–Trinajstić information content (AvgIpc) is 2.85. The molecule has 1 aromatic carbocycles. The summed E-state index contributed by atoms with van der Waals surface area (Å²) in [5.74, 6) is -0.308. The molecule has 0 unspecified atom stereocenters. The minimum absolute atomic E-state index is 0.138. The molecule has 9 heteroatoms. The van der Waals surface area contributed by atoms with Gasteiger partial charge in [-0.2, -0.15) is 13.2 Å². The molecule has 2 rings (SSSR count). The van der Waals surface area contributed by atoms with Crippen molar-refractivity contribution < 1.29 is 27.3 Å². The topological polar surface area (TPSA) is 73.3 Å². The number of halogens is 4. The molecule has 21 heavy (non-hydrogen) atoms. The lowest BCUT2D eigenvalue weighted by Crippen LogP contribution is -2.06. The predicted octanol–water partition coefficient (Wildman–Crippen LogP) is 4.34. The van der Waals surface area contributed by atoms with Crippen molar-refractivity contribution >= 4 is 23.6 Å². The third-order valence-electron chi connectivity index (χ3n) is 2.59. The average molecular weight is 320 g/mol. The molecule has 0 bridgehead atoms. The summed E-state index contributed by atoms with van der Waals surface area (Å²) in [5.41, 5.74) is -2.45. The van der Waals surface area contributed by atoms with Gasteiger partial charge in [-0.1, -0.05) is 11.6 Å². The molecule has 0 fully saturated rings. The number of aldehydes is 1. The summed E-state index contributed by atoms with van der Waals surface area (Å²) in [5, 5.41) is 10.3. The van der Waals surface area contributed by atoms with Crippen LogP contribution in [-0.4, -0.2) is 11.2 Å². The van der Waals surface area contributed by atoms with Gasteiger partial charge >= 0.3 is 6.18 Å². The van der Waals surface area contributed by atoms with E-state index >= 15 is 0 Å². The molecular weight excluding hydrogens is 315 g/mol. The standard InChI is InChI=1S/C12H5ClF3NO4/c13-11-8(10-2-1-7(5-18)21-10)3-6(12(14,15)16)4-9(11)17(19)20/h1-5H. The van der Waals surface area contributed by atoms with Crippen LogP contribution in [0.25, 0.3) is 11.3 Å². The first-order chi connectivity index (χ1) is 9.74. The Bertz CT molecular complexity index is 724. The van der Waals surface area contributed by atoms with Crippen LogP contribution < -0.4 is 0 Å². The third-order valence-corrected chi connectivity index (χ3v) is 2.98. The van der Waals surface area contributed by atoms with Crippen molar-refractivity contribution in [3.63, 3.8) is 0 Å². The van der Waals surface area contributed by atoms with Crippen LogP contribution in [0.1, 0.15) is 16.1 Å². The molecule has 110 valence electrons.